The van der Waals surface area contributed by atoms with Gasteiger partial charge in [0.05, 0.1) is 29.7 Å². The Labute approximate surface area is 118 Å². The van der Waals surface area contributed by atoms with Gasteiger partial charge in [0, 0.05) is 13.1 Å². The van der Waals surface area contributed by atoms with Gasteiger partial charge in [0.2, 0.25) is 0 Å². The highest BCUT2D eigenvalue weighted by molar-refractivity contribution is 5.78. The van der Waals surface area contributed by atoms with Gasteiger partial charge >= 0.3 is 0 Å². The standard InChI is InChI=1S/C14H9F2N5/c1-21-7-19-11-6-18-13(4-12(11)21)20-14-9(15)2-8(5-17)3-10(14)16/h2-4,6-7H,1H3,(H,18,20). The van der Waals surface area contributed by atoms with Crippen LogP contribution in [0.1, 0.15) is 5.56 Å². The van der Waals surface area contributed by atoms with Crippen molar-refractivity contribution in [1.29, 1.82) is 5.26 Å². The number of pyridine rings is 1. The molecule has 104 valence electrons. The second-order valence-corrected chi connectivity index (χ2v) is 4.47. The number of aromatic nitrogens is 3. The number of nitrogens with one attached hydrogen (secondary N) is 1. The largest absolute Gasteiger partial charge is 0.335 e. The van der Waals surface area contributed by atoms with Crippen LogP contribution in [-0.2, 0) is 7.05 Å². The van der Waals surface area contributed by atoms with Crippen molar-refractivity contribution in [3.63, 3.8) is 0 Å². The number of hydrogen-bond donors (Lipinski definition) is 1. The number of aryl methyl sites for hydroxylation is 1. The first-order valence-corrected chi connectivity index (χ1v) is 6.01. The van der Waals surface area contributed by atoms with E-state index in [-0.39, 0.29) is 17.1 Å². The lowest BCUT2D eigenvalue weighted by Crippen LogP contribution is -2.00. The lowest BCUT2D eigenvalue weighted by molar-refractivity contribution is 0.590. The van der Waals surface area contributed by atoms with E-state index in [4.69, 9.17) is 5.26 Å². The number of nitriles is 1. The molecule has 1 aromatic carbocycles. The van der Waals surface area contributed by atoms with Crippen LogP contribution in [-0.4, -0.2) is 14.5 Å². The summed E-state index contributed by atoms with van der Waals surface area (Å²) in [5.41, 5.74) is 1.04. The Morgan fingerprint density at radius 3 is 2.57 bits per heavy atom. The maximum absolute atomic E-state index is 13.8. The second-order valence-electron chi connectivity index (χ2n) is 4.47. The number of rotatable bonds is 2. The monoisotopic (exact) mass is 285 g/mol. The average Bonchev–Trinajstić information content (AvgIpc) is 2.84. The van der Waals surface area contributed by atoms with Gasteiger partial charge in [0.1, 0.15) is 17.0 Å². The van der Waals surface area contributed by atoms with Crippen molar-refractivity contribution < 1.29 is 8.78 Å². The molecule has 0 fully saturated rings. The summed E-state index contributed by atoms with van der Waals surface area (Å²) in [6.07, 6.45) is 3.14. The Morgan fingerprint density at radius 2 is 1.90 bits per heavy atom. The first-order chi connectivity index (χ1) is 10.1. The molecule has 0 aliphatic rings. The van der Waals surface area contributed by atoms with E-state index in [2.05, 4.69) is 15.3 Å². The molecular formula is C14H9F2N5. The summed E-state index contributed by atoms with van der Waals surface area (Å²) in [7, 11) is 1.81. The first-order valence-electron chi connectivity index (χ1n) is 6.01. The summed E-state index contributed by atoms with van der Waals surface area (Å²) in [4.78, 5) is 8.17. The zero-order valence-electron chi connectivity index (χ0n) is 10.9. The fourth-order valence-electron chi connectivity index (χ4n) is 1.98. The molecule has 2 heterocycles. The predicted octanol–water partition coefficient (Wildman–Crippen LogP) is 2.86. The maximum atomic E-state index is 13.8. The fourth-order valence-corrected chi connectivity index (χ4v) is 1.98. The van der Waals surface area contributed by atoms with Gasteiger partial charge in [-0.2, -0.15) is 5.26 Å². The molecular weight excluding hydrogens is 276 g/mol. The zero-order chi connectivity index (χ0) is 15.0. The Balaban J connectivity index is 2.02. The number of hydrogen-bond acceptors (Lipinski definition) is 4. The molecule has 3 rings (SSSR count). The zero-order valence-corrected chi connectivity index (χ0v) is 10.9. The van der Waals surface area contributed by atoms with Crippen molar-refractivity contribution >= 4 is 22.5 Å². The van der Waals surface area contributed by atoms with Gasteiger partial charge in [-0.05, 0) is 12.1 Å². The van der Waals surface area contributed by atoms with Gasteiger partial charge in [-0.1, -0.05) is 0 Å². The van der Waals surface area contributed by atoms with E-state index in [1.165, 1.54) is 6.20 Å². The van der Waals surface area contributed by atoms with Gasteiger partial charge in [0.15, 0.2) is 11.6 Å². The number of nitrogens with zero attached hydrogens (tertiary/aromatic N) is 4. The van der Waals surface area contributed by atoms with Crippen LogP contribution in [0, 0.1) is 23.0 Å². The van der Waals surface area contributed by atoms with Crippen LogP contribution in [0.25, 0.3) is 11.0 Å². The van der Waals surface area contributed by atoms with Crippen molar-refractivity contribution in [3.05, 3.63) is 47.9 Å². The number of halogens is 2. The van der Waals surface area contributed by atoms with Crippen molar-refractivity contribution in [2.24, 2.45) is 7.05 Å². The third-order valence-electron chi connectivity index (χ3n) is 3.04. The van der Waals surface area contributed by atoms with Gasteiger partial charge in [-0.3, -0.25) is 0 Å². The third kappa shape index (κ3) is 2.27. The molecule has 21 heavy (non-hydrogen) atoms. The summed E-state index contributed by atoms with van der Waals surface area (Å²) < 4.78 is 29.4. The Hall–Kier alpha value is -3.01. The Morgan fingerprint density at radius 1 is 1.19 bits per heavy atom. The van der Waals surface area contributed by atoms with Gasteiger partial charge in [0.25, 0.3) is 0 Å². The highest BCUT2D eigenvalue weighted by Crippen LogP contribution is 2.25. The molecule has 0 aliphatic heterocycles. The van der Waals surface area contributed by atoms with Crippen molar-refractivity contribution in [3.8, 4) is 6.07 Å². The van der Waals surface area contributed by atoms with Crippen LogP contribution in [0.15, 0.2) is 30.7 Å². The number of imidazole rings is 1. The molecule has 1 N–H and O–H groups in total. The molecule has 0 amide bonds. The molecule has 0 atom stereocenters. The minimum atomic E-state index is -0.849. The van der Waals surface area contributed by atoms with Crippen LogP contribution in [0.5, 0.6) is 0 Å². The Bertz CT molecular complexity index is 856. The topological polar surface area (TPSA) is 66.5 Å². The second kappa shape index (κ2) is 4.83. The molecule has 2 aromatic heterocycles. The lowest BCUT2D eigenvalue weighted by atomic mass is 10.2. The fraction of sp³-hybridized carbons (Fsp3) is 0.0714. The van der Waals surface area contributed by atoms with Gasteiger partial charge < -0.3 is 9.88 Å². The van der Waals surface area contributed by atoms with E-state index < -0.39 is 11.6 Å². The van der Waals surface area contributed by atoms with E-state index >= 15 is 0 Å². The number of anilines is 2. The molecule has 5 nitrogen and oxygen atoms in total. The van der Waals surface area contributed by atoms with E-state index in [9.17, 15) is 8.78 Å². The summed E-state index contributed by atoms with van der Waals surface area (Å²) in [5, 5.41) is 11.3. The SMILES string of the molecule is Cn1cnc2cnc(Nc3c(F)cc(C#N)cc3F)cc21. The summed E-state index contributed by atoms with van der Waals surface area (Å²) in [6.45, 7) is 0. The summed E-state index contributed by atoms with van der Waals surface area (Å²) >= 11 is 0. The van der Waals surface area contributed by atoms with Gasteiger partial charge in [-0.25, -0.2) is 18.7 Å². The molecule has 0 aliphatic carbocycles. The average molecular weight is 285 g/mol. The number of benzene rings is 1. The van der Waals surface area contributed by atoms with Crippen molar-refractivity contribution in [2.75, 3.05) is 5.32 Å². The van der Waals surface area contributed by atoms with Gasteiger partial charge in [-0.15, -0.1) is 0 Å². The minimum Gasteiger partial charge on any atom is -0.335 e. The van der Waals surface area contributed by atoms with Crippen LogP contribution in [0.2, 0.25) is 0 Å². The molecule has 0 bridgehead atoms. The normalized spacial score (nSPS) is 10.6. The van der Waals surface area contributed by atoms with E-state index in [0.717, 1.165) is 17.6 Å². The van der Waals surface area contributed by atoms with Crippen LogP contribution >= 0.6 is 0 Å². The van der Waals surface area contributed by atoms with Crippen molar-refractivity contribution in [2.45, 2.75) is 0 Å². The molecule has 0 spiro atoms. The quantitative estimate of drug-likeness (QED) is 0.786. The van der Waals surface area contributed by atoms with Crippen LogP contribution < -0.4 is 5.32 Å². The molecule has 3 aromatic rings. The highest BCUT2D eigenvalue weighted by Gasteiger charge is 2.12. The minimum absolute atomic E-state index is 0.0782. The maximum Gasteiger partial charge on any atom is 0.151 e. The van der Waals surface area contributed by atoms with Crippen molar-refractivity contribution in [1.82, 2.24) is 14.5 Å². The molecule has 7 heteroatoms. The molecule has 0 unspecified atom stereocenters. The van der Waals surface area contributed by atoms with Crippen LogP contribution in [0.3, 0.4) is 0 Å². The third-order valence-corrected chi connectivity index (χ3v) is 3.04. The Kier molecular flexibility index (Phi) is 2.99. The summed E-state index contributed by atoms with van der Waals surface area (Å²) in [6, 6.07) is 5.26. The van der Waals surface area contributed by atoms with Crippen LogP contribution in [0.4, 0.5) is 20.3 Å². The molecule has 0 radical (unpaired) electrons. The lowest BCUT2D eigenvalue weighted by Gasteiger charge is -2.08. The van der Waals surface area contributed by atoms with E-state index in [1.54, 1.807) is 23.0 Å². The predicted molar refractivity (Wildman–Crippen MR) is 72.9 cm³/mol. The number of fused-ring (bicyclic) bond motifs is 1. The molecule has 0 saturated heterocycles. The first kappa shape index (κ1) is 13.0. The summed E-state index contributed by atoms with van der Waals surface area (Å²) in [5.74, 6) is -1.41. The van der Waals surface area contributed by atoms with E-state index in [1.807, 2.05) is 7.05 Å². The highest BCUT2D eigenvalue weighted by atomic mass is 19.1. The smallest absolute Gasteiger partial charge is 0.151 e. The molecule has 0 saturated carbocycles. The van der Waals surface area contributed by atoms with E-state index in [0.29, 0.717) is 5.52 Å².